The maximum absolute atomic E-state index is 12.9. The lowest BCUT2D eigenvalue weighted by Crippen LogP contribution is -2.30. The lowest BCUT2D eigenvalue weighted by atomic mass is 10.0. The fourth-order valence-electron chi connectivity index (χ4n) is 9.37. The van der Waals surface area contributed by atoms with E-state index in [1.54, 1.807) is 0 Å². The second-order valence-electron chi connectivity index (χ2n) is 22.0. The van der Waals surface area contributed by atoms with Crippen LogP contribution < -0.4 is 0 Å². The van der Waals surface area contributed by atoms with Crippen LogP contribution in [0.15, 0.2) is 97.2 Å². The van der Waals surface area contributed by atoms with E-state index in [9.17, 15) is 14.4 Å². The van der Waals surface area contributed by atoms with Gasteiger partial charge >= 0.3 is 17.9 Å². The summed E-state index contributed by atoms with van der Waals surface area (Å²) in [5.41, 5.74) is 0. The third-order valence-electron chi connectivity index (χ3n) is 14.3. The number of esters is 3. The molecular weight excluding hydrogens is 961 g/mol. The van der Waals surface area contributed by atoms with Crippen molar-refractivity contribution in [2.75, 3.05) is 13.2 Å². The summed E-state index contributed by atoms with van der Waals surface area (Å²) >= 11 is 0. The van der Waals surface area contributed by atoms with Crippen LogP contribution in [0, 0.1) is 0 Å². The Morgan fingerprint density at radius 1 is 0.269 bits per heavy atom. The van der Waals surface area contributed by atoms with Crippen molar-refractivity contribution in [3.05, 3.63) is 97.2 Å². The smallest absolute Gasteiger partial charge is 0.306 e. The maximum Gasteiger partial charge on any atom is 0.306 e. The maximum atomic E-state index is 12.9. The van der Waals surface area contributed by atoms with Crippen molar-refractivity contribution >= 4 is 17.9 Å². The molecule has 0 heterocycles. The van der Waals surface area contributed by atoms with Crippen LogP contribution in [-0.4, -0.2) is 37.2 Å². The minimum absolute atomic E-state index is 0.0935. The molecule has 0 aromatic rings. The van der Waals surface area contributed by atoms with Crippen LogP contribution >= 0.6 is 0 Å². The van der Waals surface area contributed by atoms with Crippen molar-refractivity contribution in [3.63, 3.8) is 0 Å². The molecule has 1 unspecified atom stereocenters. The first kappa shape index (κ1) is 74.3. The summed E-state index contributed by atoms with van der Waals surface area (Å²) < 4.78 is 16.9. The van der Waals surface area contributed by atoms with Gasteiger partial charge in [0.25, 0.3) is 0 Å². The number of carbonyl (C=O) groups is 3. The number of ether oxygens (including phenoxy) is 3. The first-order chi connectivity index (χ1) is 38.5. The van der Waals surface area contributed by atoms with E-state index in [0.29, 0.717) is 19.3 Å². The van der Waals surface area contributed by atoms with Crippen molar-refractivity contribution in [3.8, 4) is 0 Å². The second-order valence-corrected chi connectivity index (χ2v) is 22.0. The fraction of sp³-hybridized carbons (Fsp3) is 0.736. The lowest BCUT2D eigenvalue weighted by Gasteiger charge is -2.18. The molecule has 0 saturated heterocycles. The molecular formula is C72H124O6. The van der Waals surface area contributed by atoms with Gasteiger partial charge in [0.15, 0.2) is 6.10 Å². The van der Waals surface area contributed by atoms with Crippen molar-refractivity contribution in [2.24, 2.45) is 0 Å². The first-order valence-corrected chi connectivity index (χ1v) is 33.2. The van der Waals surface area contributed by atoms with Gasteiger partial charge < -0.3 is 14.2 Å². The van der Waals surface area contributed by atoms with Crippen molar-refractivity contribution in [2.45, 2.75) is 329 Å². The van der Waals surface area contributed by atoms with Crippen molar-refractivity contribution in [1.29, 1.82) is 0 Å². The Hall–Kier alpha value is -3.67. The summed E-state index contributed by atoms with van der Waals surface area (Å²) in [7, 11) is 0. The standard InChI is InChI=1S/C72H124O6/c1-4-7-10-13-16-19-22-25-28-31-34-35-36-37-39-41-44-47-50-53-56-59-62-65-71(74)77-68-69(67-76-70(73)64-61-58-55-52-49-46-43-40-33-30-27-24-21-18-15-12-9-6-3)78-72(75)66-63-60-57-54-51-48-45-42-38-32-29-26-23-20-17-14-11-8-5-2/h7,10,16,19,25-26,28-29,34-35,37,39,44,47,53,56,69H,4-6,8-9,11-15,17-18,20-24,27,30-33,36,38,40-43,45-46,48-52,54-55,57-68H2,1-3H3/b10-7-,19-16-,28-25-,29-26-,35-34-,39-37-,47-44-,56-53-. The molecule has 6 nitrogen and oxygen atoms in total. The van der Waals surface area contributed by atoms with Crippen LogP contribution in [-0.2, 0) is 28.6 Å². The highest BCUT2D eigenvalue weighted by atomic mass is 16.6. The molecule has 0 aromatic heterocycles. The summed E-state index contributed by atoms with van der Waals surface area (Å²) in [6.07, 6.45) is 88.5. The van der Waals surface area contributed by atoms with Gasteiger partial charge in [-0.2, -0.15) is 0 Å². The Kier molecular flexibility index (Phi) is 62.7. The molecule has 0 aliphatic carbocycles. The van der Waals surface area contributed by atoms with Gasteiger partial charge in [0.2, 0.25) is 0 Å². The normalized spacial score (nSPS) is 12.7. The van der Waals surface area contributed by atoms with Crippen molar-refractivity contribution < 1.29 is 28.6 Å². The molecule has 0 amide bonds. The number of unbranched alkanes of at least 4 members (excludes halogenated alkanes) is 33. The van der Waals surface area contributed by atoms with E-state index < -0.39 is 6.10 Å². The zero-order valence-electron chi connectivity index (χ0n) is 51.4. The third kappa shape index (κ3) is 63.2. The van der Waals surface area contributed by atoms with Crippen molar-refractivity contribution in [1.82, 2.24) is 0 Å². The van der Waals surface area contributed by atoms with Crippen LogP contribution in [0.3, 0.4) is 0 Å². The molecule has 0 aliphatic heterocycles. The molecule has 0 N–H and O–H groups in total. The van der Waals surface area contributed by atoms with E-state index in [2.05, 4.69) is 118 Å². The third-order valence-corrected chi connectivity index (χ3v) is 14.3. The van der Waals surface area contributed by atoms with Gasteiger partial charge in [-0.05, 0) is 96.3 Å². The topological polar surface area (TPSA) is 78.9 Å². The van der Waals surface area contributed by atoms with E-state index in [1.165, 1.54) is 186 Å². The number of rotatable bonds is 60. The number of allylic oxidation sites excluding steroid dienone is 16. The molecule has 0 fully saturated rings. The predicted octanol–water partition coefficient (Wildman–Crippen LogP) is 22.8. The fourth-order valence-corrected chi connectivity index (χ4v) is 9.37. The Balaban J connectivity index is 4.46. The van der Waals surface area contributed by atoms with E-state index in [-0.39, 0.29) is 37.5 Å². The van der Waals surface area contributed by atoms with E-state index in [1.807, 2.05) is 0 Å². The van der Waals surface area contributed by atoms with Crippen LogP contribution in [0.5, 0.6) is 0 Å². The molecule has 0 bridgehead atoms. The Labute approximate surface area is 483 Å². The number of hydrogen-bond acceptors (Lipinski definition) is 6. The zero-order valence-corrected chi connectivity index (χ0v) is 51.4. The molecule has 6 heteroatoms. The van der Waals surface area contributed by atoms with Gasteiger partial charge in [0, 0.05) is 19.3 Å². The number of hydrogen-bond donors (Lipinski definition) is 0. The van der Waals surface area contributed by atoms with Crippen LogP contribution in [0.2, 0.25) is 0 Å². The molecule has 448 valence electrons. The molecule has 0 radical (unpaired) electrons. The molecule has 0 aliphatic rings. The Bertz CT molecular complexity index is 1530. The predicted molar refractivity (Wildman–Crippen MR) is 339 cm³/mol. The molecule has 0 spiro atoms. The SMILES string of the molecule is CC/C=C\C/C=C\C/C=C\C/C=C\C/C=C\C/C=C\C/C=C\CCCC(=O)OCC(COC(=O)CCCCCCCCCCCCCCCCCCCC)OC(=O)CCCCCCCCCCC/C=C\CCCCCCCC. The van der Waals surface area contributed by atoms with Crippen LogP contribution in [0.1, 0.15) is 323 Å². The summed E-state index contributed by atoms with van der Waals surface area (Å²) in [6.45, 7) is 6.52. The van der Waals surface area contributed by atoms with E-state index >= 15 is 0 Å². The Morgan fingerprint density at radius 3 is 0.846 bits per heavy atom. The average molecular weight is 1090 g/mol. The summed E-state index contributed by atoms with van der Waals surface area (Å²) in [5, 5.41) is 0. The van der Waals surface area contributed by atoms with Gasteiger partial charge in [-0.25, -0.2) is 0 Å². The highest BCUT2D eigenvalue weighted by molar-refractivity contribution is 5.71. The Morgan fingerprint density at radius 2 is 0.513 bits per heavy atom. The van der Waals surface area contributed by atoms with Crippen LogP contribution in [0.4, 0.5) is 0 Å². The minimum atomic E-state index is -0.803. The van der Waals surface area contributed by atoms with E-state index in [4.69, 9.17) is 14.2 Å². The molecule has 0 saturated carbocycles. The molecule has 0 aromatic carbocycles. The first-order valence-electron chi connectivity index (χ1n) is 33.2. The minimum Gasteiger partial charge on any atom is -0.462 e. The summed E-state index contributed by atoms with van der Waals surface area (Å²) in [4.78, 5) is 38.4. The summed E-state index contributed by atoms with van der Waals surface area (Å²) in [5.74, 6) is -0.943. The van der Waals surface area contributed by atoms with Gasteiger partial charge in [0.1, 0.15) is 13.2 Å². The van der Waals surface area contributed by atoms with Gasteiger partial charge in [-0.3, -0.25) is 14.4 Å². The molecule has 1 atom stereocenters. The van der Waals surface area contributed by atoms with Gasteiger partial charge in [0.05, 0.1) is 0 Å². The second kappa shape index (κ2) is 65.8. The quantitative estimate of drug-likeness (QED) is 0.0261. The van der Waals surface area contributed by atoms with E-state index in [0.717, 1.165) is 89.9 Å². The number of carbonyl (C=O) groups excluding carboxylic acids is 3. The summed E-state index contributed by atoms with van der Waals surface area (Å²) in [6, 6.07) is 0. The average Bonchev–Trinajstić information content (AvgIpc) is 3.44. The lowest BCUT2D eigenvalue weighted by molar-refractivity contribution is -0.167. The molecule has 78 heavy (non-hydrogen) atoms. The highest BCUT2D eigenvalue weighted by Crippen LogP contribution is 2.17. The largest absolute Gasteiger partial charge is 0.462 e. The van der Waals surface area contributed by atoms with Gasteiger partial charge in [-0.1, -0.05) is 304 Å². The van der Waals surface area contributed by atoms with Gasteiger partial charge in [-0.15, -0.1) is 0 Å². The zero-order chi connectivity index (χ0) is 56.4. The highest BCUT2D eigenvalue weighted by Gasteiger charge is 2.19. The van der Waals surface area contributed by atoms with Crippen LogP contribution in [0.25, 0.3) is 0 Å². The molecule has 0 rings (SSSR count). The monoisotopic (exact) mass is 1080 g/mol.